The van der Waals surface area contributed by atoms with Crippen LogP contribution in [0.4, 0.5) is 0 Å². The highest BCUT2D eigenvalue weighted by molar-refractivity contribution is 6.29. The molecule has 0 aromatic carbocycles. The summed E-state index contributed by atoms with van der Waals surface area (Å²) < 4.78 is 5.02. The van der Waals surface area contributed by atoms with Gasteiger partial charge in [-0.15, -0.1) is 0 Å². The molecule has 1 unspecified atom stereocenters. The van der Waals surface area contributed by atoms with Crippen molar-refractivity contribution in [2.75, 3.05) is 7.11 Å². The molecule has 1 aromatic rings. The third-order valence-corrected chi connectivity index (χ3v) is 1.90. The maximum atomic E-state index is 5.68. The summed E-state index contributed by atoms with van der Waals surface area (Å²) in [7, 11) is 1.52. The monoisotopic (exact) mass is 202 g/mol. The molecular weight excluding hydrogens is 192 g/mol. The summed E-state index contributed by atoms with van der Waals surface area (Å²) in [6, 6.07) is 3.43. The van der Waals surface area contributed by atoms with Crippen molar-refractivity contribution in [3.8, 4) is 5.88 Å². The lowest BCUT2D eigenvalue weighted by Gasteiger charge is -2.12. The Kier molecular flexibility index (Phi) is 3.48. The summed E-state index contributed by atoms with van der Waals surface area (Å²) in [5.41, 5.74) is 0.773. The van der Waals surface area contributed by atoms with E-state index in [0.717, 1.165) is 5.56 Å². The molecule has 72 valence electrons. The number of pyridine rings is 1. The standard InChI is InChI=1S/C8H11ClN2O2/c1-5(13-10)6-3-4-7(9)11-8(6)12-2/h3-5H,10H2,1-2H3. The SMILES string of the molecule is COc1nc(Cl)ccc1C(C)ON. The molecule has 1 rings (SSSR count). The molecule has 0 aliphatic rings. The second-order valence-corrected chi connectivity index (χ2v) is 2.90. The quantitative estimate of drug-likeness (QED) is 0.599. The highest BCUT2D eigenvalue weighted by atomic mass is 35.5. The molecule has 4 nitrogen and oxygen atoms in total. The van der Waals surface area contributed by atoms with Crippen LogP contribution in [0.25, 0.3) is 0 Å². The van der Waals surface area contributed by atoms with Crippen molar-refractivity contribution in [2.24, 2.45) is 5.90 Å². The summed E-state index contributed by atoms with van der Waals surface area (Å²) in [5.74, 6) is 5.48. The second-order valence-electron chi connectivity index (χ2n) is 2.51. The zero-order valence-corrected chi connectivity index (χ0v) is 8.21. The van der Waals surface area contributed by atoms with Crippen LogP contribution in [0, 0.1) is 0 Å². The maximum Gasteiger partial charge on any atom is 0.220 e. The van der Waals surface area contributed by atoms with Gasteiger partial charge in [0, 0.05) is 5.56 Å². The Balaban J connectivity index is 3.05. The predicted octanol–water partition coefficient (Wildman–Crippen LogP) is 1.69. The van der Waals surface area contributed by atoms with Gasteiger partial charge in [0.05, 0.1) is 7.11 Å². The topological polar surface area (TPSA) is 57.4 Å². The summed E-state index contributed by atoms with van der Waals surface area (Å²) in [4.78, 5) is 8.62. The van der Waals surface area contributed by atoms with E-state index in [1.807, 2.05) is 0 Å². The minimum absolute atomic E-state index is 0.264. The molecule has 0 aliphatic carbocycles. The van der Waals surface area contributed by atoms with Crippen LogP contribution in [0.3, 0.4) is 0 Å². The number of nitrogens with zero attached hydrogens (tertiary/aromatic N) is 1. The van der Waals surface area contributed by atoms with Gasteiger partial charge in [-0.25, -0.2) is 10.9 Å². The van der Waals surface area contributed by atoms with Crippen molar-refractivity contribution in [1.82, 2.24) is 4.98 Å². The Labute approximate surface area is 81.6 Å². The molecule has 0 saturated carbocycles. The van der Waals surface area contributed by atoms with E-state index >= 15 is 0 Å². The van der Waals surface area contributed by atoms with Gasteiger partial charge in [0.25, 0.3) is 0 Å². The number of ether oxygens (including phenoxy) is 1. The largest absolute Gasteiger partial charge is 0.481 e. The highest BCUT2D eigenvalue weighted by Gasteiger charge is 2.12. The number of halogens is 1. The summed E-state index contributed by atoms with van der Waals surface area (Å²) in [6.45, 7) is 1.80. The average molecular weight is 203 g/mol. The third kappa shape index (κ3) is 2.30. The van der Waals surface area contributed by atoms with Gasteiger partial charge in [-0.3, -0.25) is 4.84 Å². The lowest BCUT2D eigenvalue weighted by atomic mass is 10.2. The first-order valence-corrected chi connectivity index (χ1v) is 4.12. The van der Waals surface area contributed by atoms with Crippen molar-refractivity contribution in [3.05, 3.63) is 22.8 Å². The third-order valence-electron chi connectivity index (χ3n) is 1.69. The van der Waals surface area contributed by atoms with Gasteiger partial charge in [-0.05, 0) is 19.1 Å². The molecule has 1 atom stereocenters. The number of methoxy groups -OCH3 is 1. The normalized spacial score (nSPS) is 12.6. The average Bonchev–Trinajstić information content (AvgIpc) is 2.16. The Hall–Kier alpha value is -0.840. The van der Waals surface area contributed by atoms with Crippen LogP contribution >= 0.6 is 11.6 Å². The van der Waals surface area contributed by atoms with Crippen LogP contribution in [0.5, 0.6) is 5.88 Å². The molecule has 13 heavy (non-hydrogen) atoms. The fraction of sp³-hybridized carbons (Fsp3) is 0.375. The molecule has 0 saturated heterocycles. The van der Waals surface area contributed by atoms with Gasteiger partial charge in [-0.2, -0.15) is 0 Å². The van der Waals surface area contributed by atoms with Gasteiger partial charge in [0.1, 0.15) is 11.3 Å². The lowest BCUT2D eigenvalue weighted by molar-refractivity contribution is 0.0641. The molecule has 1 heterocycles. The number of rotatable bonds is 3. The lowest BCUT2D eigenvalue weighted by Crippen LogP contribution is -2.07. The fourth-order valence-corrected chi connectivity index (χ4v) is 1.11. The first kappa shape index (κ1) is 10.2. The molecule has 1 aromatic heterocycles. The molecule has 0 fully saturated rings. The van der Waals surface area contributed by atoms with Gasteiger partial charge < -0.3 is 4.74 Å². The van der Waals surface area contributed by atoms with Crippen LogP contribution in [-0.4, -0.2) is 12.1 Å². The molecule has 0 aliphatic heterocycles. The Morgan fingerprint density at radius 3 is 2.77 bits per heavy atom. The van der Waals surface area contributed by atoms with E-state index < -0.39 is 0 Å². The number of nitrogens with two attached hydrogens (primary N) is 1. The molecule has 0 bridgehead atoms. The Bertz CT molecular complexity index is 293. The van der Waals surface area contributed by atoms with E-state index in [-0.39, 0.29) is 6.10 Å². The van der Waals surface area contributed by atoms with Crippen LogP contribution in [-0.2, 0) is 4.84 Å². The number of aromatic nitrogens is 1. The smallest absolute Gasteiger partial charge is 0.220 e. The van der Waals surface area contributed by atoms with Crippen LogP contribution in [0.15, 0.2) is 12.1 Å². The fourth-order valence-electron chi connectivity index (χ4n) is 0.975. The van der Waals surface area contributed by atoms with Gasteiger partial charge >= 0.3 is 0 Å². The van der Waals surface area contributed by atoms with Crippen molar-refractivity contribution in [3.63, 3.8) is 0 Å². The van der Waals surface area contributed by atoms with E-state index in [4.69, 9.17) is 22.2 Å². The van der Waals surface area contributed by atoms with E-state index in [1.54, 1.807) is 19.1 Å². The number of hydrogen-bond donors (Lipinski definition) is 1. The van der Waals surface area contributed by atoms with Crippen molar-refractivity contribution >= 4 is 11.6 Å². The summed E-state index contributed by atoms with van der Waals surface area (Å²) in [6.07, 6.45) is -0.264. The molecule has 0 radical (unpaired) electrons. The van der Waals surface area contributed by atoms with Crippen LogP contribution in [0.1, 0.15) is 18.6 Å². The van der Waals surface area contributed by atoms with E-state index in [9.17, 15) is 0 Å². The summed E-state index contributed by atoms with van der Waals surface area (Å²) >= 11 is 5.68. The van der Waals surface area contributed by atoms with Gasteiger partial charge in [0.2, 0.25) is 5.88 Å². The van der Waals surface area contributed by atoms with Crippen molar-refractivity contribution in [1.29, 1.82) is 0 Å². The van der Waals surface area contributed by atoms with E-state index in [0.29, 0.717) is 11.0 Å². The zero-order valence-electron chi connectivity index (χ0n) is 7.45. The van der Waals surface area contributed by atoms with Crippen LogP contribution in [0.2, 0.25) is 5.15 Å². The van der Waals surface area contributed by atoms with Crippen molar-refractivity contribution in [2.45, 2.75) is 13.0 Å². The molecule has 5 heteroatoms. The Morgan fingerprint density at radius 2 is 2.23 bits per heavy atom. The molecule has 0 spiro atoms. The van der Waals surface area contributed by atoms with Gasteiger partial charge in [-0.1, -0.05) is 11.6 Å². The van der Waals surface area contributed by atoms with E-state index in [2.05, 4.69) is 9.82 Å². The second kappa shape index (κ2) is 4.41. The van der Waals surface area contributed by atoms with Gasteiger partial charge in [0.15, 0.2) is 0 Å². The minimum atomic E-state index is -0.264. The van der Waals surface area contributed by atoms with E-state index in [1.165, 1.54) is 7.11 Å². The minimum Gasteiger partial charge on any atom is -0.481 e. The summed E-state index contributed by atoms with van der Waals surface area (Å²) in [5, 5.41) is 0.379. The maximum absolute atomic E-state index is 5.68. The Morgan fingerprint density at radius 1 is 1.54 bits per heavy atom. The van der Waals surface area contributed by atoms with Crippen molar-refractivity contribution < 1.29 is 9.57 Å². The molecular formula is C8H11ClN2O2. The predicted molar refractivity (Wildman–Crippen MR) is 49.5 cm³/mol. The zero-order chi connectivity index (χ0) is 9.84. The first-order valence-electron chi connectivity index (χ1n) is 3.75. The number of hydrogen-bond acceptors (Lipinski definition) is 4. The highest BCUT2D eigenvalue weighted by Crippen LogP contribution is 2.25. The molecule has 2 N–H and O–H groups in total. The van der Waals surface area contributed by atoms with Crippen LogP contribution < -0.4 is 10.6 Å². The first-order chi connectivity index (χ1) is 6.19. The molecule has 0 amide bonds.